The van der Waals surface area contributed by atoms with Crippen molar-refractivity contribution in [1.82, 2.24) is 14.9 Å². The number of halogens is 2. The van der Waals surface area contributed by atoms with Crippen LogP contribution in [0.4, 0.5) is 10.1 Å². The first-order valence-electron chi connectivity index (χ1n) is 11.5. The first kappa shape index (κ1) is 22.8. The van der Waals surface area contributed by atoms with Gasteiger partial charge in [-0.2, -0.15) is 0 Å². The summed E-state index contributed by atoms with van der Waals surface area (Å²) in [6.07, 6.45) is 6.86. The third kappa shape index (κ3) is 3.95. The van der Waals surface area contributed by atoms with Crippen LogP contribution in [0, 0.1) is 11.2 Å². The lowest BCUT2D eigenvalue weighted by molar-refractivity contribution is -0.127. The molecule has 2 N–H and O–H groups in total. The van der Waals surface area contributed by atoms with Gasteiger partial charge in [-0.25, -0.2) is 4.39 Å². The number of rotatable bonds is 5. The highest BCUT2D eigenvalue weighted by atomic mass is 35.5. The maximum Gasteiger partial charge on any atom is 0.255 e. The third-order valence-corrected chi connectivity index (χ3v) is 7.52. The summed E-state index contributed by atoms with van der Waals surface area (Å²) in [5.41, 5.74) is 1.99. The zero-order chi connectivity index (χ0) is 23.9. The highest BCUT2D eigenvalue weighted by Crippen LogP contribution is 2.47. The Morgan fingerprint density at radius 1 is 1.26 bits per heavy atom. The number of anilines is 1. The Balaban J connectivity index is 1.26. The van der Waals surface area contributed by atoms with Crippen molar-refractivity contribution in [3.63, 3.8) is 0 Å². The van der Waals surface area contributed by atoms with Gasteiger partial charge < -0.3 is 19.9 Å². The van der Waals surface area contributed by atoms with Crippen molar-refractivity contribution < 1.29 is 19.1 Å². The molecule has 2 fully saturated rings. The number of aliphatic hydroxyl groups excluding tert-OH is 1. The van der Waals surface area contributed by atoms with Crippen molar-refractivity contribution in [3.8, 4) is 0 Å². The molecule has 1 saturated carbocycles. The first-order valence-corrected chi connectivity index (χ1v) is 11.9. The Kier molecular flexibility index (Phi) is 6.04. The smallest absolute Gasteiger partial charge is 0.255 e. The Hall–Kier alpha value is -2.97. The van der Waals surface area contributed by atoms with Gasteiger partial charge in [0.15, 0.2) is 0 Å². The molecular formula is C25H26ClFN4O3. The number of fused-ring (bicyclic) bond motifs is 1. The second-order valence-corrected chi connectivity index (χ2v) is 9.57. The lowest BCUT2D eigenvalue weighted by atomic mass is 9.71. The summed E-state index contributed by atoms with van der Waals surface area (Å²) < 4.78 is 15.3. The number of pyridine rings is 1. The van der Waals surface area contributed by atoms with Crippen LogP contribution in [-0.4, -0.2) is 45.7 Å². The lowest BCUT2D eigenvalue weighted by Crippen LogP contribution is -2.43. The molecule has 3 heterocycles. The predicted octanol–water partition coefficient (Wildman–Crippen LogP) is 3.92. The Morgan fingerprint density at radius 3 is 2.79 bits per heavy atom. The number of hydrogen-bond acceptors (Lipinski definition) is 4. The molecule has 1 saturated heterocycles. The molecular weight excluding hydrogens is 459 g/mol. The second-order valence-electron chi connectivity index (χ2n) is 9.16. The summed E-state index contributed by atoms with van der Waals surface area (Å²) in [6.45, 7) is 0.911. The van der Waals surface area contributed by atoms with E-state index in [2.05, 4.69) is 10.3 Å². The van der Waals surface area contributed by atoms with E-state index in [1.54, 1.807) is 29.4 Å². The molecule has 0 radical (unpaired) electrons. The van der Waals surface area contributed by atoms with Crippen LogP contribution in [0.1, 0.15) is 42.5 Å². The lowest BCUT2D eigenvalue weighted by Gasteiger charge is -2.36. The fraction of sp³-hybridized carbons (Fsp3) is 0.400. The first-order chi connectivity index (χ1) is 16.4. The molecule has 1 aliphatic carbocycles. The van der Waals surface area contributed by atoms with Gasteiger partial charge in [0, 0.05) is 31.5 Å². The zero-order valence-corrected chi connectivity index (χ0v) is 19.4. The monoisotopic (exact) mass is 484 g/mol. The van der Waals surface area contributed by atoms with Gasteiger partial charge in [0.05, 0.1) is 33.8 Å². The van der Waals surface area contributed by atoms with E-state index >= 15 is 0 Å². The van der Waals surface area contributed by atoms with Crippen molar-refractivity contribution >= 4 is 40.1 Å². The minimum atomic E-state index is -0.461. The van der Waals surface area contributed by atoms with Crippen LogP contribution >= 0.6 is 11.6 Å². The largest absolute Gasteiger partial charge is 0.395 e. The standard InChI is InChI=1S/C25H26ClFN4O3/c26-19-14-16(27)3-4-20(19)31-11-9-25(24(31)34)7-5-17(6-8-25)29-23(33)18-15-30(12-13-32)21-2-1-10-28-22(18)21/h1-4,10,14-15,17,32H,5-9,11-13H2,(H,29,33)/t17-,25-. The Morgan fingerprint density at radius 2 is 2.06 bits per heavy atom. The number of nitrogens with one attached hydrogen (secondary N) is 1. The SMILES string of the molecule is O=C(N[C@H]1CC[C@@]2(CCN(c3ccc(F)cc3Cl)C2=O)CC1)c1cn(CCO)c2cccnc12. The van der Waals surface area contributed by atoms with E-state index in [0.29, 0.717) is 55.5 Å². The maximum atomic E-state index is 13.4. The number of amides is 2. The van der Waals surface area contributed by atoms with E-state index in [0.717, 1.165) is 11.9 Å². The van der Waals surface area contributed by atoms with E-state index in [-0.39, 0.29) is 29.5 Å². The van der Waals surface area contributed by atoms with E-state index in [4.69, 9.17) is 11.6 Å². The minimum absolute atomic E-state index is 0.0291. The van der Waals surface area contributed by atoms with Gasteiger partial charge in [-0.1, -0.05) is 11.6 Å². The van der Waals surface area contributed by atoms with Crippen LogP contribution in [0.2, 0.25) is 5.02 Å². The van der Waals surface area contributed by atoms with E-state index in [1.165, 1.54) is 12.1 Å². The number of aliphatic hydroxyl groups is 1. The molecule has 34 heavy (non-hydrogen) atoms. The van der Waals surface area contributed by atoms with Crippen LogP contribution in [0.15, 0.2) is 42.7 Å². The number of aromatic nitrogens is 2. The number of carbonyl (C=O) groups excluding carboxylic acids is 2. The molecule has 1 spiro atoms. The zero-order valence-electron chi connectivity index (χ0n) is 18.6. The van der Waals surface area contributed by atoms with Gasteiger partial charge in [-0.05, 0) is 62.4 Å². The average molecular weight is 485 g/mol. The number of nitrogens with zero attached hydrogens (tertiary/aromatic N) is 3. The maximum absolute atomic E-state index is 13.4. The molecule has 1 aliphatic heterocycles. The van der Waals surface area contributed by atoms with E-state index < -0.39 is 11.2 Å². The van der Waals surface area contributed by atoms with Gasteiger partial charge >= 0.3 is 0 Å². The van der Waals surface area contributed by atoms with Crippen LogP contribution < -0.4 is 10.2 Å². The quantitative estimate of drug-likeness (QED) is 0.574. The fourth-order valence-corrected chi connectivity index (χ4v) is 5.64. The normalized spacial score (nSPS) is 22.6. The molecule has 2 aliphatic rings. The molecule has 5 rings (SSSR count). The number of carbonyl (C=O) groups is 2. The van der Waals surface area contributed by atoms with Gasteiger partial charge in [0.1, 0.15) is 11.3 Å². The molecule has 7 nitrogen and oxygen atoms in total. The average Bonchev–Trinajstić information content (AvgIpc) is 3.35. The topological polar surface area (TPSA) is 87.5 Å². The second kappa shape index (κ2) is 9.00. The number of benzene rings is 1. The molecule has 9 heteroatoms. The molecule has 1 aromatic carbocycles. The summed E-state index contributed by atoms with van der Waals surface area (Å²) in [5.74, 6) is -0.595. The van der Waals surface area contributed by atoms with Crippen LogP contribution in [0.5, 0.6) is 0 Å². The Bertz CT molecular complexity index is 1250. The number of hydrogen-bond donors (Lipinski definition) is 2. The van der Waals surface area contributed by atoms with E-state index in [1.807, 2.05) is 10.6 Å². The van der Waals surface area contributed by atoms with Crippen molar-refractivity contribution in [2.45, 2.75) is 44.7 Å². The van der Waals surface area contributed by atoms with Gasteiger partial charge in [-0.15, -0.1) is 0 Å². The van der Waals surface area contributed by atoms with Crippen LogP contribution in [-0.2, 0) is 11.3 Å². The minimum Gasteiger partial charge on any atom is -0.395 e. The Labute approximate surface area is 201 Å². The molecule has 3 aromatic rings. The molecule has 0 bridgehead atoms. The van der Waals surface area contributed by atoms with Crippen LogP contribution in [0.25, 0.3) is 11.0 Å². The summed E-state index contributed by atoms with van der Waals surface area (Å²) >= 11 is 6.20. The molecule has 178 valence electrons. The van der Waals surface area contributed by atoms with Crippen molar-refractivity contribution in [2.75, 3.05) is 18.1 Å². The summed E-state index contributed by atoms with van der Waals surface area (Å²) in [7, 11) is 0. The van der Waals surface area contributed by atoms with Crippen LogP contribution in [0.3, 0.4) is 0 Å². The predicted molar refractivity (Wildman–Crippen MR) is 127 cm³/mol. The molecule has 2 amide bonds. The summed E-state index contributed by atoms with van der Waals surface area (Å²) in [4.78, 5) is 32.4. The summed E-state index contributed by atoms with van der Waals surface area (Å²) in [5, 5.41) is 12.7. The highest BCUT2D eigenvalue weighted by Gasteiger charge is 2.49. The van der Waals surface area contributed by atoms with Crippen molar-refractivity contribution in [3.05, 3.63) is 59.1 Å². The molecule has 2 aromatic heterocycles. The third-order valence-electron chi connectivity index (χ3n) is 7.21. The molecule has 0 atom stereocenters. The highest BCUT2D eigenvalue weighted by molar-refractivity contribution is 6.34. The summed E-state index contributed by atoms with van der Waals surface area (Å²) in [6, 6.07) is 7.76. The fourth-order valence-electron chi connectivity index (χ4n) is 5.37. The van der Waals surface area contributed by atoms with Crippen molar-refractivity contribution in [2.24, 2.45) is 5.41 Å². The molecule has 0 unspecified atom stereocenters. The van der Waals surface area contributed by atoms with Gasteiger partial charge in [0.2, 0.25) is 5.91 Å². The van der Waals surface area contributed by atoms with E-state index in [9.17, 15) is 19.1 Å². The van der Waals surface area contributed by atoms with Gasteiger partial charge in [0.25, 0.3) is 5.91 Å². The van der Waals surface area contributed by atoms with Crippen molar-refractivity contribution in [1.29, 1.82) is 0 Å². The van der Waals surface area contributed by atoms with Gasteiger partial charge in [-0.3, -0.25) is 14.6 Å².